The Balaban J connectivity index is 1.09. The summed E-state index contributed by atoms with van der Waals surface area (Å²) in [6.07, 6.45) is 0.717. The van der Waals surface area contributed by atoms with Gasteiger partial charge in [0.1, 0.15) is 11.6 Å². The minimum Gasteiger partial charge on any atom is -0.380 e. The van der Waals surface area contributed by atoms with Gasteiger partial charge < -0.3 is 20.2 Å². The fourth-order valence-corrected chi connectivity index (χ4v) is 6.09. The van der Waals surface area contributed by atoms with Crippen LogP contribution >= 0.6 is 11.6 Å². The van der Waals surface area contributed by atoms with Crippen LogP contribution in [0.15, 0.2) is 36.4 Å². The summed E-state index contributed by atoms with van der Waals surface area (Å²) in [5.74, 6) is -5.37. The molecule has 0 unspecified atom stereocenters. The van der Waals surface area contributed by atoms with Gasteiger partial charge in [-0.15, -0.1) is 0 Å². The molecule has 41 heavy (non-hydrogen) atoms. The third-order valence-electron chi connectivity index (χ3n) is 8.37. The Bertz CT molecular complexity index is 1280. The van der Waals surface area contributed by atoms with E-state index in [1.807, 2.05) is 0 Å². The summed E-state index contributed by atoms with van der Waals surface area (Å²) >= 11 is 6.39. The maximum atomic E-state index is 13.7. The summed E-state index contributed by atoms with van der Waals surface area (Å²) < 4.78 is 54.2. The van der Waals surface area contributed by atoms with Crippen molar-refractivity contribution in [2.75, 3.05) is 44.6 Å². The van der Waals surface area contributed by atoms with Crippen LogP contribution < -0.4 is 5.32 Å². The fourth-order valence-electron chi connectivity index (χ4n) is 5.82. The predicted molar refractivity (Wildman–Crippen MR) is 146 cm³/mol. The average molecular weight is 597 g/mol. The normalized spacial score (nSPS) is 21.7. The second-order valence-electron chi connectivity index (χ2n) is 11.4. The van der Waals surface area contributed by atoms with Gasteiger partial charge in [-0.05, 0) is 55.7 Å². The first kappa shape index (κ1) is 29.6. The first-order valence-corrected chi connectivity index (χ1v) is 14.2. The molecule has 2 amide bonds. The molecule has 2 aromatic rings. The van der Waals surface area contributed by atoms with Crippen molar-refractivity contribution in [2.45, 2.75) is 56.2 Å². The number of piperidine rings is 2. The number of carbonyl (C=O) groups excluding carboxylic acids is 2. The number of likely N-dealkylation sites (tertiary alicyclic amines) is 3. The molecule has 0 radical (unpaired) electrons. The Morgan fingerprint density at radius 2 is 1.59 bits per heavy atom. The quantitative estimate of drug-likeness (QED) is 0.481. The van der Waals surface area contributed by atoms with Crippen LogP contribution in [0.3, 0.4) is 0 Å². The largest absolute Gasteiger partial charge is 0.380 e. The van der Waals surface area contributed by atoms with Gasteiger partial charge in [0, 0.05) is 69.9 Å². The number of nitrogens with one attached hydrogen (secondary N) is 1. The lowest BCUT2D eigenvalue weighted by molar-refractivity contribution is -0.152. The summed E-state index contributed by atoms with van der Waals surface area (Å²) in [5, 5.41) is 14.5. The van der Waals surface area contributed by atoms with Crippen molar-refractivity contribution in [1.82, 2.24) is 14.7 Å². The highest BCUT2D eigenvalue weighted by molar-refractivity contribution is 6.34. The van der Waals surface area contributed by atoms with E-state index in [1.54, 1.807) is 18.2 Å². The third kappa shape index (κ3) is 6.47. The van der Waals surface area contributed by atoms with Crippen molar-refractivity contribution in [3.05, 3.63) is 64.2 Å². The van der Waals surface area contributed by atoms with Crippen LogP contribution in [-0.2, 0) is 10.4 Å². The Labute approximate surface area is 241 Å². The fraction of sp³-hybridized carbons (Fsp3) is 0.517. The Kier molecular flexibility index (Phi) is 8.24. The van der Waals surface area contributed by atoms with Crippen LogP contribution in [-0.4, -0.2) is 88.9 Å². The smallest absolute Gasteiger partial charge is 0.258 e. The number of carbonyl (C=O) groups is 2. The first-order chi connectivity index (χ1) is 19.3. The molecular formula is C29H33ClF4N4O3. The van der Waals surface area contributed by atoms with Gasteiger partial charge >= 0.3 is 0 Å². The monoisotopic (exact) mass is 596 g/mol. The van der Waals surface area contributed by atoms with Crippen molar-refractivity contribution >= 4 is 29.1 Å². The van der Waals surface area contributed by atoms with Crippen LogP contribution in [0.1, 0.15) is 48.5 Å². The lowest BCUT2D eigenvalue weighted by Gasteiger charge is -2.48. The third-order valence-corrected chi connectivity index (χ3v) is 8.68. The molecule has 2 N–H and O–H groups in total. The molecule has 0 aromatic heterocycles. The Morgan fingerprint density at radius 1 is 0.976 bits per heavy atom. The van der Waals surface area contributed by atoms with Gasteiger partial charge in [-0.1, -0.05) is 11.6 Å². The number of anilines is 1. The van der Waals surface area contributed by atoms with E-state index < -0.39 is 29.1 Å². The zero-order chi connectivity index (χ0) is 29.5. The standard InChI is InChI=1S/C29H33ClF4N4O3/c1-28(41,18-12-19(31)14-20(32)13-18)27(40)37-8-4-23(5-9-37)38-16-22(17-38)35-21-2-3-24(25(30)15-21)26(39)36-10-6-29(33,34)7-11-36/h2-3,12-15,22-23,35,41H,4-11,16-17H2,1H3/t28-/m0/s1. The number of rotatable bonds is 6. The van der Waals surface area contributed by atoms with Crippen molar-refractivity contribution in [3.8, 4) is 0 Å². The average Bonchev–Trinajstić information content (AvgIpc) is 2.89. The molecular weight excluding hydrogens is 564 g/mol. The van der Waals surface area contributed by atoms with E-state index in [0.29, 0.717) is 37.6 Å². The highest BCUT2D eigenvalue weighted by Gasteiger charge is 2.41. The summed E-state index contributed by atoms with van der Waals surface area (Å²) in [4.78, 5) is 31.0. The Hall–Kier alpha value is -2.89. The highest BCUT2D eigenvalue weighted by Crippen LogP contribution is 2.32. The van der Waals surface area contributed by atoms with Crippen LogP contribution in [0.25, 0.3) is 0 Å². The van der Waals surface area contributed by atoms with E-state index in [0.717, 1.165) is 30.9 Å². The summed E-state index contributed by atoms with van der Waals surface area (Å²) in [5.41, 5.74) is -1.10. The minimum absolute atomic E-state index is 0.000528. The number of benzene rings is 2. The van der Waals surface area contributed by atoms with Crippen LogP contribution in [0, 0.1) is 11.6 Å². The summed E-state index contributed by atoms with van der Waals surface area (Å²) in [6, 6.07) is 8.12. The number of hydrogen-bond acceptors (Lipinski definition) is 5. The minimum atomic E-state index is -2.73. The molecule has 5 rings (SSSR count). The molecule has 222 valence electrons. The lowest BCUT2D eigenvalue weighted by atomic mass is 9.91. The molecule has 3 aliphatic rings. The SMILES string of the molecule is C[C@@](O)(C(=O)N1CCC(N2CC(Nc3ccc(C(=O)N4CCC(F)(F)CC4)c(Cl)c3)C2)CC1)c1cc(F)cc(F)c1. The Morgan fingerprint density at radius 3 is 2.17 bits per heavy atom. The van der Waals surface area contributed by atoms with Crippen LogP contribution in [0.4, 0.5) is 23.2 Å². The van der Waals surface area contributed by atoms with Gasteiger partial charge in [0.2, 0.25) is 0 Å². The van der Waals surface area contributed by atoms with Crippen LogP contribution in [0.2, 0.25) is 5.02 Å². The van der Waals surface area contributed by atoms with Crippen molar-refractivity contribution < 1.29 is 32.3 Å². The van der Waals surface area contributed by atoms with Crippen molar-refractivity contribution in [3.63, 3.8) is 0 Å². The molecule has 7 nitrogen and oxygen atoms in total. The zero-order valence-corrected chi connectivity index (χ0v) is 23.4. The molecule has 12 heteroatoms. The molecule has 0 spiro atoms. The number of amides is 2. The molecule has 3 heterocycles. The molecule has 3 saturated heterocycles. The second-order valence-corrected chi connectivity index (χ2v) is 11.8. The first-order valence-electron chi connectivity index (χ1n) is 13.8. The topological polar surface area (TPSA) is 76.1 Å². The van der Waals surface area contributed by atoms with Crippen molar-refractivity contribution in [1.29, 1.82) is 0 Å². The maximum Gasteiger partial charge on any atom is 0.258 e. The van der Waals surface area contributed by atoms with Gasteiger partial charge in [-0.3, -0.25) is 14.5 Å². The van der Waals surface area contributed by atoms with Crippen molar-refractivity contribution in [2.24, 2.45) is 0 Å². The van der Waals surface area contributed by atoms with Gasteiger partial charge in [-0.2, -0.15) is 0 Å². The van der Waals surface area contributed by atoms with E-state index in [2.05, 4.69) is 10.2 Å². The zero-order valence-electron chi connectivity index (χ0n) is 22.7. The molecule has 3 fully saturated rings. The summed E-state index contributed by atoms with van der Waals surface area (Å²) in [6.45, 7) is 3.65. The lowest BCUT2D eigenvalue weighted by Crippen LogP contribution is -2.61. The van der Waals surface area contributed by atoms with Crippen LogP contribution in [0.5, 0.6) is 0 Å². The molecule has 2 aromatic carbocycles. The van der Waals surface area contributed by atoms with Gasteiger partial charge in [-0.25, -0.2) is 17.6 Å². The van der Waals surface area contributed by atoms with E-state index in [4.69, 9.17) is 11.6 Å². The molecule has 0 saturated carbocycles. The predicted octanol–water partition coefficient (Wildman–Crippen LogP) is 4.48. The van der Waals surface area contributed by atoms with E-state index in [-0.39, 0.29) is 54.5 Å². The molecule has 0 bridgehead atoms. The van der Waals surface area contributed by atoms with Gasteiger partial charge in [0.25, 0.3) is 17.7 Å². The van der Waals surface area contributed by atoms with E-state index in [1.165, 1.54) is 16.7 Å². The maximum absolute atomic E-state index is 13.7. The van der Waals surface area contributed by atoms with E-state index in [9.17, 15) is 32.3 Å². The highest BCUT2D eigenvalue weighted by atomic mass is 35.5. The number of aliphatic hydroxyl groups is 1. The second kappa shape index (κ2) is 11.4. The number of hydrogen-bond donors (Lipinski definition) is 2. The van der Waals surface area contributed by atoms with Gasteiger partial charge in [0.15, 0.2) is 5.60 Å². The molecule has 0 aliphatic carbocycles. The number of alkyl halides is 2. The number of halogens is 5. The molecule has 1 atom stereocenters. The van der Waals surface area contributed by atoms with E-state index >= 15 is 0 Å². The summed E-state index contributed by atoms with van der Waals surface area (Å²) in [7, 11) is 0. The van der Waals surface area contributed by atoms with Gasteiger partial charge in [0.05, 0.1) is 16.6 Å². The number of nitrogens with zero attached hydrogens (tertiary/aromatic N) is 3. The molecule has 3 aliphatic heterocycles.